The Morgan fingerprint density at radius 2 is 2.19 bits per heavy atom. The van der Waals surface area contributed by atoms with E-state index < -0.39 is 10.0 Å². The molecule has 2 aromatic rings. The van der Waals surface area contributed by atoms with Gasteiger partial charge in [0.05, 0.1) is 12.0 Å². The van der Waals surface area contributed by atoms with Crippen molar-refractivity contribution >= 4 is 38.6 Å². The van der Waals surface area contributed by atoms with E-state index in [1.54, 1.807) is 24.6 Å². The Balaban J connectivity index is 1.86. The molecule has 2 aromatic heterocycles. The van der Waals surface area contributed by atoms with Crippen LogP contribution in [0.4, 0.5) is 0 Å². The smallest absolute Gasteiger partial charge is 0.261 e. The zero-order valence-electron chi connectivity index (χ0n) is 11.2. The number of nitrogens with two attached hydrogens (primary N) is 1. The first-order valence-corrected chi connectivity index (χ1v) is 9.16. The van der Waals surface area contributed by atoms with Gasteiger partial charge in [0.2, 0.25) is 10.0 Å². The van der Waals surface area contributed by atoms with Gasteiger partial charge in [-0.1, -0.05) is 0 Å². The minimum absolute atomic E-state index is 0.131. The van der Waals surface area contributed by atoms with Gasteiger partial charge >= 0.3 is 0 Å². The molecule has 0 saturated heterocycles. The van der Waals surface area contributed by atoms with Crippen molar-refractivity contribution in [3.05, 3.63) is 33.3 Å². The summed E-state index contributed by atoms with van der Waals surface area (Å²) < 4.78 is 27.5. The van der Waals surface area contributed by atoms with Crippen molar-refractivity contribution in [2.75, 3.05) is 13.7 Å². The lowest BCUT2D eigenvalue weighted by Gasteiger charge is -2.01. The summed E-state index contributed by atoms with van der Waals surface area (Å²) in [6.07, 6.45) is 0.550. The Morgan fingerprint density at radius 3 is 2.76 bits per heavy atom. The Labute approximate surface area is 130 Å². The van der Waals surface area contributed by atoms with Crippen molar-refractivity contribution in [3.63, 3.8) is 0 Å². The summed E-state index contributed by atoms with van der Waals surface area (Å²) >= 11 is 2.42. The highest BCUT2D eigenvalue weighted by atomic mass is 32.2. The molecular formula is C12H14N2O4S3. The van der Waals surface area contributed by atoms with Gasteiger partial charge in [-0.2, -0.15) is 0 Å². The van der Waals surface area contributed by atoms with Crippen LogP contribution in [0.2, 0.25) is 0 Å². The van der Waals surface area contributed by atoms with Gasteiger partial charge in [0.15, 0.2) is 0 Å². The van der Waals surface area contributed by atoms with Crippen molar-refractivity contribution in [2.24, 2.45) is 5.14 Å². The number of methoxy groups -OCH3 is 1. The molecule has 0 aliphatic rings. The number of ether oxygens (including phenoxy) is 1. The molecule has 3 N–H and O–H groups in total. The van der Waals surface area contributed by atoms with E-state index in [2.05, 4.69) is 5.32 Å². The molecule has 0 aliphatic heterocycles. The van der Waals surface area contributed by atoms with Gasteiger partial charge in [-0.05, 0) is 18.6 Å². The molecule has 2 heterocycles. The number of hydrogen-bond donors (Lipinski definition) is 2. The molecule has 0 aromatic carbocycles. The summed E-state index contributed by atoms with van der Waals surface area (Å²) in [7, 11) is -2.10. The molecule has 0 fully saturated rings. The zero-order chi connectivity index (χ0) is 15.5. The summed E-state index contributed by atoms with van der Waals surface area (Å²) in [4.78, 5) is 13.3. The van der Waals surface area contributed by atoms with Gasteiger partial charge in [-0.15, -0.1) is 22.7 Å². The van der Waals surface area contributed by atoms with Crippen LogP contribution < -0.4 is 15.2 Å². The fraction of sp³-hybridized carbons (Fsp3) is 0.250. The molecule has 21 heavy (non-hydrogen) atoms. The highest BCUT2D eigenvalue weighted by molar-refractivity contribution is 7.91. The Morgan fingerprint density at radius 1 is 1.43 bits per heavy atom. The van der Waals surface area contributed by atoms with E-state index in [-0.39, 0.29) is 10.1 Å². The number of thiophene rings is 2. The maximum Gasteiger partial charge on any atom is 0.261 e. The van der Waals surface area contributed by atoms with Gasteiger partial charge in [-0.25, -0.2) is 13.6 Å². The lowest BCUT2D eigenvalue weighted by Crippen LogP contribution is -2.24. The molecule has 0 bridgehead atoms. The van der Waals surface area contributed by atoms with Crippen LogP contribution in [0, 0.1) is 0 Å². The average Bonchev–Trinajstić information content (AvgIpc) is 3.06. The van der Waals surface area contributed by atoms with Crippen LogP contribution in [0.3, 0.4) is 0 Å². The minimum atomic E-state index is -3.65. The Hall–Kier alpha value is -1.42. The lowest BCUT2D eigenvalue weighted by atomic mass is 10.3. The molecule has 114 valence electrons. The number of carbonyl (C=O) groups excluding carboxylic acids is 1. The van der Waals surface area contributed by atoms with E-state index in [0.29, 0.717) is 23.6 Å². The van der Waals surface area contributed by atoms with E-state index >= 15 is 0 Å². The molecule has 6 nitrogen and oxygen atoms in total. The van der Waals surface area contributed by atoms with Gasteiger partial charge in [0.25, 0.3) is 5.91 Å². The first-order valence-electron chi connectivity index (χ1n) is 5.92. The van der Waals surface area contributed by atoms with Crippen LogP contribution in [-0.2, 0) is 16.4 Å². The van der Waals surface area contributed by atoms with Crippen molar-refractivity contribution in [3.8, 4) is 5.75 Å². The molecule has 0 unspecified atom stereocenters. The first-order chi connectivity index (χ1) is 9.90. The second-order valence-corrected chi connectivity index (χ2v) is 7.99. The van der Waals surface area contributed by atoms with Gasteiger partial charge in [0.1, 0.15) is 9.96 Å². The standard InChI is InChI=1S/C12H14N2O4S3/c1-18-8-6-10(19-7-8)12(15)14-5-4-9-2-3-11(20-9)21(13,16)17/h2-3,6-7H,4-5H2,1H3,(H,14,15)(H2,13,16,17). The van der Waals surface area contributed by atoms with Crippen LogP contribution in [0.25, 0.3) is 0 Å². The molecule has 0 spiro atoms. The topological polar surface area (TPSA) is 98.5 Å². The second kappa shape index (κ2) is 6.56. The second-order valence-electron chi connectivity index (χ2n) is 4.12. The third-order valence-corrected chi connectivity index (χ3v) is 6.10. The molecule has 9 heteroatoms. The van der Waals surface area contributed by atoms with Crippen LogP contribution in [-0.4, -0.2) is 28.0 Å². The molecular weight excluding hydrogens is 332 g/mol. The summed E-state index contributed by atoms with van der Waals surface area (Å²) in [6, 6.07) is 4.84. The fourth-order valence-corrected chi connectivity index (χ4v) is 4.13. The maximum absolute atomic E-state index is 11.9. The van der Waals surface area contributed by atoms with Crippen LogP contribution in [0.15, 0.2) is 27.8 Å². The first kappa shape index (κ1) is 16.0. The third-order valence-electron chi connectivity index (χ3n) is 2.61. The van der Waals surface area contributed by atoms with E-state index in [0.717, 1.165) is 16.2 Å². The molecule has 0 atom stereocenters. The lowest BCUT2D eigenvalue weighted by molar-refractivity contribution is 0.0958. The quantitative estimate of drug-likeness (QED) is 0.827. The molecule has 1 amide bonds. The van der Waals surface area contributed by atoms with E-state index in [1.165, 1.54) is 17.4 Å². The number of amides is 1. The largest absolute Gasteiger partial charge is 0.496 e. The number of primary sulfonamides is 1. The predicted octanol–water partition coefficient (Wildman–Crippen LogP) is 1.44. The zero-order valence-corrected chi connectivity index (χ0v) is 13.6. The molecule has 0 radical (unpaired) electrons. The van der Waals surface area contributed by atoms with Gasteiger partial charge < -0.3 is 10.1 Å². The van der Waals surface area contributed by atoms with Crippen molar-refractivity contribution in [2.45, 2.75) is 10.6 Å². The molecule has 2 rings (SSSR count). The van der Waals surface area contributed by atoms with E-state index in [9.17, 15) is 13.2 Å². The predicted molar refractivity (Wildman–Crippen MR) is 82.6 cm³/mol. The normalized spacial score (nSPS) is 11.3. The Bertz CT molecular complexity index is 733. The number of carbonyl (C=O) groups is 1. The average molecular weight is 346 g/mol. The van der Waals surface area contributed by atoms with Gasteiger partial charge in [0, 0.05) is 22.9 Å². The van der Waals surface area contributed by atoms with Crippen molar-refractivity contribution in [1.82, 2.24) is 5.32 Å². The third kappa shape index (κ3) is 4.27. The number of rotatable bonds is 6. The highest BCUT2D eigenvalue weighted by Crippen LogP contribution is 2.22. The van der Waals surface area contributed by atoms with E-state index in [4.69, 9.17) is 9.88 Å². The summed E-state index contributed by atoms with van der Waals surface area (Å²) in [5.74, 6) is 0.479. The SMILES string of the molecule is COc1csc(C(=O)NCCc2ccc(S(N)(=O)=O)s2)c1. The molecule has 0 saturated carbocycles. The number of sulfonamides is 1. The summed E-state index contributed by atoms with van der Waals surface area (Å²) in [5, 5.41) is 9.57. The van der Waals surface area contributed by atoms with Crippen molar-refractivity contribution < 1.29 is 17.9 Å². The minimum Gasteiger partial charge on any atom is -0.496 e. The van der Waals surface area contributed by atoms with E-state index in [1.807, 2.05) is 0 Å². The fourth-order valence-electron chi connectivity index (χ4n) is 1.58. The maximum atomic E-state index is 11.9. The van der Waals surface area contributed by atoms with Crippen LogP contribution in [0.1, 0.15) is 14.5 Å². The van der Waals surface area contributed by atoms with Gasteiger partial charge in [-0.3, -0.25) is 4.79 Å². The summed E-state index contributed by atoms with van der Waals surface area (Å²) in [6.45, 7) is 0.420. The summed E-state index contributed by atoms with van der Waals surface area (Å²) in [5.41, 5.74) is 0. The Kier molecular flexibility index (Phi) is 4.99. The van der Waals surface area contributed by atoms with Crippen LogP contribution >= 0.6 is 22.7 Å². The monoisotopic (exact) mass is 346 g/mol. The highest BCUT2D eigenvalue weighted by Gasteiger charge is 2.12. The van der Waals surface area contributed by atoms with Crippen LogP contribution in [0.5, 0.6) is 5.75 Å². The number of hydrogen-bond acceptors (Lipinski definition) is 6. The number of nitrogens with one attached hydrogen (secondary N) is 1. The van der Waals surface area contributed by atoms with Crippen molar-refractivity contribution in [1.29, 1.82) is 0 Å². The molecule has 0 aliphatic carbocycles.